The molecule has 0 spiro atoms. The average molecular weight is 276 g/mol. The third-order valence-corrected chi connectivity index (χ3v) is 3.65. The molecule has 1 aromatic carbocycles. The van der Waals surface area contributed by atoms with Gasteiger partial charge in [0.25, 0.3) is 0 Å². The van der Waals surface area contributed by atoms with Crippen molar-refractivity contribution in [3.8, 4) is 10.6 Å². The van der Waals surface area contributed by atoms with Gasteiger partial charge in [-0.05, 0) is 32.0 Å². The van der Waals surface area contributed by atoms with Crippen molar-refractivity contribution in [1.29, 1.82) is 0 Å². The Kier molecular flexibility index (Phi) is 5.07. The minimum absolute atomic E-state index is 0.250. The van der Waals surface area contributed by atoms with E-state index in [1.54, 1.807) is 11.3 Å². The van der Waals surface area contributed by atoms with Crippen molar-refractivity contribution in [2.45, 2.75) is 33.0 Å². The van der Waals surface area contributed by atoms with Gasteiger partial charge < -0.3 is 10.5 Å². The molecule has 0 bridgehead atoms. The summed E-state index contributed by atoms with van der Waals surface area (Å²) in [5, 5.41) is 3.13. The Morgan fingerprint density at radius 1 is 1.37 bits per heavy atom. The van der Waals surface area contributed by atoms with Crippen LogP contribution in [0.15, 0.2) is 29.6 Å². The van der Waals surface area contributed by atoms with Gasteiger partial charge in [0.05, 0.1) is 18.4 Å². The highest BCUT2D eigenvalue weighted by Crippen LogP contribution is 2.25. The van der Waals surface area contributed by atoms with E-state index < -0.39 is 0 Å². The smallest absolute Gasteiger partial charge is 0.123 e. The summed E-state index contributed by atoms with van der Waals surface area (Å²) in [7, 11) is 0. The molecule has 4 heteroatoms. The molecule has 3 nitrogen and oxygen atoms in total. The highest BCUT2D eigenvalue weighted by atomic mass is 32.1. The second kappa shape index (κ2) is 6.80. The molecule has 0 unspecified atom stereocenters. The number of aromatic nitrogens is 1. The molecule has 0 aliphatic rings. The lowest BCUT2D eigenvalue weighted by molar-refractivity contribution is 0.0657. The van der Waals surface area contributed by atoms with E-state index in [0.29, 0.717) is 13.2 Å². The molecule has 19 heavy (non-hydrogen) atoms. The van der Waals surface area contributed by atoms with Crippen LogP contribution >= 0.6 is 11.3 Å². The van der Waals surface area contributed by atoms with Gasteiger partial charge in [0.15, 0.2) is 0 Å². The van der Waals surface area contributed by atoms with Gasteiger partial charge in [-0.1, -0.05) is 18.2 Å². The SMILES string of the molecule is CC(C)OCc1cccc(-c2nc(CCN)cs2)c1. The molecule has 0 aliphatic heterocycles. The maximum atomic E-state index is 5.63. The van der Waals surface area contributed by atoms with Crippen molar-refractivity contribution in [1.82, 2.24) is 4.98 Å². The van der Waals surface area contributed by atoms with Gasteiger partial charge in [0.1, 0.15) is 5.01 Å². The summed E-state index contributed by atoms with van der Waals surface area (Å²) in [6, 6.07) is 8.37. The third-order valence-electron chi connectivity index (χ3n) is 2.71. The first-order chi connectivity index (χ1) is 9.19. The maximum Gasteiger partial charge on any atom is 0.123 e. The summed E-state index contributed by atoms with van der Waals surface area (Å²) in [6.45, 7) is 5.38. The lowest BCUT2D eigenvalue weighted by Gasteiger charge is -2.08. The largest absolute Gasteiger partial charge is 0.374 e. The van der Waals surface area contributed by atoms with Crippen LogP contribution in [0.4, 0.5) is 0 Å². The Hall–Kier alpha value is -1.23. The van der Waals surface area contributed by atoms with E-state index >= 15 is 0 Å². The highest BCUT2D eigenvalue weighted by molar-refractivity contribution is 7.13. The number of hydrogen-bond donors (Lipinski definition) is 1. The zero-order valence-corrected chi connectivity index (χ0v) is 12.2. The van der Waals surface area contributed by atoms with Crippen LogP contribution in [-0.2, 0) is 17.8 Å². The summed E-state index contributed by atoms with van der Waals surface area (Å²) in [4.78, 5) is 4.60. The highest BCUT2D eigenvalue weighted by Gasteiger charge is 2.05. The van der Waals surface area contributed by atoms with Gasteiger partial charge >= 0.3 is 0 Å². The van der Waals surface area contributed by atoms with Gasteiger partial charge in [-0.25, -0.2) is 4.98 Å². The van der Waals surface area contributed by atoms with Gasteiger partial charge in [-0.3, -0.25) is 0 Å². The topological polar surface area (TPSA) is 48.1 Å². The van der Waals surface area contributed by atoms with Crippen LogP contribution in [-0.4, -0.2) is 17.6 Å². The van der Waals surface area contributed by atoms with Crippen LogP contribution in [0.25, 0.3) is 10.6 Å². The number of ether oxygens (including phenoxy) is 1. The molecule has 0 radical (unpaired) electrons. The van der Waals surface area contributed by atoms with E-state index in [0.717, 1.165) is 22.7 Å². The number of thiazole rings is 1. The molecule has 0 saturated heterocycles. The lowest BCUT2D eigenvalue weighted by Crippen LogP contribution is -2.02. The fraction of sp³-hybridized carbons (Fsp3) is 0.400. The first-order valence-corrected chi connectivity index (χ1v) is 7.42. The molecule has 2 N–H and O–H groups in total. The summed E-state index contributed by atoms with van der Waals surface area (Å²) in [6.07, 6.45) is 1.09. The Labute approximate surface area is 118 Å². The van der Waals surface area contributed by atoms with Crippen molar-refractivity contribution in [3.63, 3.8) is 0 Å². The van der Waals surface area contributed by atoms with Gasteiger partial charge in [-0.2, -0.15) is 0 Å². The van der Waals surface area contributed by atoms with E-state index in [1.165, 1.54) is 5.56 Å². The van der Waals surface area contributed by atoms with Crippen molar-refractivity contribution < 1.29 is 4.74 Å². The van der Waals surface area contributed by atoms with Crippen LogP contribution in [0.5, 0.6) is 0 Å². The molecule has 0 saturated carbocycles. The quantitative estimate of drug-likeness (QED) is 0.881. The molecule has 102 valence electrons. The van der Waals surface area contributed by atoms with Crippen molar-refractivity contribution in [2.75, 3.05) is 6.54 Å². The Bertz CT molecular complexity index is 522. The molecule has 0 amide bonds. The monoisotopic (exact) mass is 276 g/mol. The first kappa shape index (κ1) is 14.2. The van der Waals surface area contributed by atoms with Crippen LogP contribution in [0.2, 0.25) is 0 Å². The molecule has 0 fully saturated rings. The Balaban J connectivity index is 2.12. The standard InChI is InChI=1S/C15H20N2OS/c1-11(2)18-9-12-4-3-5-13(8-12)15-17-14(6-7-16)10-19-15/h3-5,8,10-11H,6-7,9,16H2,1-2H3. The van der Waals surface area contributed by atoms with Crippen LogP contribution in [0.3, 0.4) is 0 Å². The van der Waals surface area contributed by atoms with Crippen LogP contribution in [0, 0.1) is 0 Å². The number of hydrogen-bond acceptors (Lipinski definition) is 4. The van der Waals surface area contributed by atoms with Crippen molar-refractivity contribution >= 4 is 11.3 Å². The number of nitrogens with two attached hydrogens (primary N) is 1. The van der Waals surface area contributed by atoms with Crippen LogP contribution in [0.1, 0.15) is 25.1 Å². The molecule has 2 rings (SSSR count). The minimum atomic E-state index is 0.250. The van der Waals surface area contributed by atoms with E-state index in [1.807, 2.05) is 13.8 Å². The minimum Gasteiger partial charge on any atom is -0.374 e. The molecule has 1 heterocycles. The number of benzene rings is 1. The Morgan fingerprint density at radius 3 is 2.95 bits per heavy atom. The molecule has 1 aromatic heterocycles. The van der Waals surface area contributed by atoms with E-state index in [4.69, 9.17) is 10.5 Å². The molecular weight excluding hydrogens is 256 g/mol. The van der Waals surface area contributed by atoms with Gasteiger partial charge in [0, 0.05) is 17.4 Å². The predicted octanol–water partition coefficient (Wildman–Crippen LogP) is 3.24. The summed E-state index contributed by atoms with van der Waals surface area (Å²) >= 11 is 1.67. The zero-order chi connectivity index (χ0) is 13.7. The third kappa shape index (κ3) is 4.13. The maximum absolute atomic E-state index is 5.63. The van der Waals surface area contributed by atoms with E-state index in [2.05, 4.69) is 34.6 Å². The molecule has 0 aliphatic carbocycles. The van der Waals surface area contributed by atoms with E-state index in [9.17, 15) is 0 Å². The fourth-order valence-electron chi connectivity index (χ4n) is 1.76. The predicted molar refractivity (Wildman–Crippen MR) is 80.2 cm³/mol. The van der Waals surface area contributed by atoms with Gasteiger partial charge in [0.2, 0.25) is 0 Å². The summed E-state index contributed by atoms with van der Waals surface area (Å²) in [5.74, 6) is 0. The summed E-state index contributed by atoms with van der Waals surface area (Å²) < 4.78 is 5.63. The van der Waals surface area contributed by atoms with Crippen molar-refractivity contribution in [3.05, 3.63) is 40.9 Å². The van der Waals surface area contributed by atoms with Crippen molar-refractivity contribution in [2.24, 2.45) is 5.73 Å². The Morgan fingerprint density at radius 2 is 2.21 bits per heavy atom. The average Bonchev–Trinajstić information content (AvgIpc) is 2.86. The number of rotatable bonds is 6. The molecule has 2 aromatic rings. The molecule has 0 atom stereocenters. The fourth-order valence-corrected chi connectivity index (χ4v) is 2.61. The van der Waals surface area contributed by atoms with Gasteiger partial charge in [-0.15, -0.1) is 11.3 Å². The number of nitrogens with zero attached hydrogens (tertiary/aromatic N) is 1. The zero-order valence-electron chi connectivity index (χ0n) is 11.4. The van der Waals surface area contributed by atoms with Crippen LogP contribution < -0.4 is 5.73 Å². The second-order valence-corrected chi connectivity index (χ2v) is 5.60. The summed E-state index contributed by atoms with van der Waals surface area (Å²) in [5.41, 5.74) is 8.96. The normalized spacial score (nSPS) is 11.2. The first-order valence-electron chi connectivity index (χ1n) is 6.54. The van der Waals surface area contributed by atoms with E-state index in [-0.39, 0.29) is 6.10 Å². The second-order valence-electron chi connectivity index (χ2n) is 4.74. The molecular formula is C15H20N2OS. The lowest BCUT2D eigenvalue weighted by atomic mass is 10.1.